The molecule has 2 N–H and O–H groups in total. The number of ether oxygens (including phenoxy) is 1. The van der Waals surface area contributed by atoms with Crippen LogP contribution in [-0.2, 0) is 6.54 Å². The Bertz CT molecular complexity index is 569. The van der Waals surface area contributed by atoms with Gasteiger partial charge in [0.05, 0.1) is 12.7 Å². The van der Waals surface area contributed by atoms with Crippen LogP contribution in [-0.4, -0.2) is 18.3 Å². The molecule has 0 radical (unpaired) electrons. The van der Waals surface area contributed by atoms with Crippen molar-refractivity contribution in [3.63, 3.8) is 0 Å². The van der Waals surface area contributed by atoms with Crippen molar-refractivity contribution in [1.82, 2.24) is 4.98 Å². The van der Waals surface area contributed by atoms with Gasteiger partial charge in [0.25, 0.3) is 0 Å². The molecule has 0 fully saturated rings. The number of pyridine rings is 1. The predicted octanol–water partition coefficient (Wildman–Crippen LogP) is 3.35. The van der Waals surface area contributed by atoms with Crippen molar-refractivity contribution < 1.29 is 4.74 Å². The van der Waals surface area contributed by atoms with Gasteiger partial charge in [0.15, 0.2) is 0 Å². The number of nitrogens with one attached hydrogen (secondary N) is 2. The van der Waals surface area contributed by atoms with E-state index in [0.29, 0.717) is 17.3 Å². The van der Waals surface area contributed by atoms with Crippen LogP contribution in [0.4, 0.5) is 5.69 Å². The number of halogens is 1. The number of anilines is 1. The van der Waals surface area contributed by atoms with Crippen LogP contribution in [0.5, 0.6) is 5.75 Å². The van der Waals surface area contributed by atoms with Crippen molar-refractivity contribution in [1.29, 1.82) is 5.41 Å². The summed E-state index contributed by atoms with van der Waals surface area (Å²) in [6.07, 6.45) is 2.82. The van der Waals surface area contributed by atoms with Crippen molar-refractivity contribution >= 4 is 23.5 Å². The number of rotatable bonds is 5. The van der Waals surface area contributed by atoms with E-state index in [1.807, 2.05) is 24.3 Å². The Hall–Kier alpha value is -2.07. The van der Waals surface area contributed by atoms with Crippen LogP contribution >= 0.6 is 11.6 Å². The van der Waals surface area contributed by atoms with E-state index in [1.54, 1.807) is 19.4 Å². The van der Waals surface area contributed by atoms with E-state index in [-0.39, 0.29) is 0 Å². The van der Waals surface area contributed by atoms with Crippen molar-refractivity contribution in [2.24, 2.45) is 0 Å². The van der Waals surface area contributed by atoms with Gasteiger partial charge in [-0.25, -0.2) is 4.98 Å². The molecule has 0 atom stereocenters. The molecule has 0 saturated heterocycles. The summed E-state index contributed by atoms with van der Waals surface area (Å²) < 4.78 is 5.11. The Balaban J connectivity index is 2.09. The monoisotopic (exact) mass is 275 g/mol. The minimum Gasteiger partial charge on any atom is -0.497 e. The number of benzene rings is 1. The van der Waals surface area contributed by atoms with Crippen molar-refractivity contribution in [2.45, 2.75) is 6.54 Å². The summed E-state index contributed by atoms with van der Waals surface area (Å²) in [5.74, 6) is 0.830. The molecule has 1 aromatic carbocycles. The van der Waals surface area contributed by atoms with E-state index in [1.165, 1.54) is 6.21 Å². The van der Waals surface area contributed by atoms with Gasteiger partial charge < -0.3 is 15.5 Å². The Morgan fingerprint density at radius 3 is 2.68 bits per heavy atom. The Morgan fingerprint density at radius 1 is 1.32 bits per heavy atom. The zero-order valence-corrected chi connectivity index (χ0v) is 11.2. The van der Waals surface area contributed by atoms with Crippen LogP contribution < -0.4 is 10.1 Å². The predicted molar refractivity (Wildman–Crippen MR) is 77.5 cm³/mol. The lowest BCUT2D eigenvalue weighted by Gasteiger charge is -2.10. The molecule has 0 aliphatic heterocycles. The molecular weight excluding hydrogens is 262 g/mol. The number of hydrogen-bond acceptors (Lipinski definition) is 4. The Kier molecular flexibility index (Phi) is 4.36. The molecule has 0 bridgehead atoms. The fourth-order valence-electron chi connectivity index (χ4n) is 1.68. The zero-order chi connectivity index (χ0) is 13.7. The second kappa shape index (κ2) is 6.20. The number of nitrogens with zero attached hydrogens (tertiary/aromatic N) is 1. The van der Waals surface area contributed by atoms with Gasteiger partial charge in [-0.05, 0) is 23.8 Å². The molecule has 98 valence electrons. The quantitative estimate of drug-likeness (QED) is 0.650. The van der Waals surface area contributed by atoms with Crippen LogP contribution in [0, 0.1) is 5.41 Å². The minimum atomic E-state index is 0.328. The number of methoxy groups -OCH3 is 1. The first-order valence-electron chi connectivity index (χ1n) is 5.76. The SMILES string of the molecule is COc1ccc(CNc2ccnc(Cl)c2C=N)cc1. The molecule has 1 aromatic heterocycles. The molecule has 19 heavy (non-hydrogen) atoms. The topological polar surface area (TPSA) is 58.0 Å². The molecule has 2 rings (SSSR count). The van der Waals surface area contributed by atoms with Crippen molar-refractivity contribution in [2.75, 3.05) is 12.4 Å². The van der Waals surface area contributed by atoms with E-state index in [9.17, 15) is 0 Å². The lowest BCUT2D eigenvalue weighted by atomic mass is 10.2. The van der Waals surface area contributed by atoms with E-state index in [4.69, 9.17) is 21.7 Å². The largest absolute Gasteiger partial charge is 0.497 e. The maximum atomic E-state index is 7.36. The van der Waals surface area contributed by atoms with Crippen LogP contribution in [0.2, 0.25) is 5.15 Å². The van der Waals surface area contributed by atoms with Crippen LogP contribution in [0.25, 0.3) is 0 Å². The second-order valence-corrected chi connectivity index (χ2v) is 4.27. The summed E-state index contributed by atoms with van der Waals surface area (Å²) in [5.41, 5.74) is 2.51. The number of hydrogen-bond donors (Lipinski definition) is 2. The van der Waals surface area contributed by atoms with E-state index < -0.39 is 0 Å². The summed E-state index contributed by atoms with van der Waals surface area (Å²) in [7, 11) is 1.64. The molecule has 1 heterocycles. The minimum absolute atomic E-state index is 0.328. The first-order chi connectivity index (χ1) is 9.24. The first-order valence-corrected chi connectivity index (χ1v) is 6.14. The molecule has 0 aliphatic carbocycles. The molecule has 2 aromatic rings. The third-order valence-electron chi connectivity index (χ3n) is 2.73. The van der Waals surface area contributed by atoms with Crippen molar-refractivity contribution in [3.05, 3.63) is 52.8 Å². The lowest BCUT2D eigenvalue weighted by Crippen LogP contribution is -2.03. The molecular formula is C14H14ClN3O. The highest BCUT2D eigenvalue weighted by Gasteiger charge is 2.05. The van der Waals surface area contributed by atoms with Gasteiger partial charge in [-0.3, -0.25) is 0 Å². The van der Waals surface area contributed by atoms with E-state index >= 15 is 0 Å². The average molecular weight is 276 g/mol. The van der Waals surface area contributed by atoms with Gasteiger partial charge in [0, 0.05) is 24.6 Å². The molecule has 5 heteroatoms. The summed E-state index contributed by atoms with van der Waals surface area (Å²) in [6, 6.07) is 9.59. The first kappa shape index (κ1) is 13.4. The maximum Gasteiger partial charge on any atom is 0.139 e. The van der Waals surface area contributed by atoms with Crippen molar-refractivity contribution in [3.8, 4) is 5.75 Å². The standard InChI is InChI=1S/C14H14ClN3O/c1-19-11-4-2-10(3-5-11)9-18-13-6-7-17-14(15)12(13)8-16/h2-8,16H,9H2,1H3,(H,17,18). The number of aromatic nitrogens is 1. The molecule has 4 nitrogen and oxygen atoms in total. The van der Waals surface area contributed by atoms with E-state index in [0.717, 1.165) is 17.0 Å². The average Bonchev–Trinajstić information content (AvgIpc) is 2.45. The normalized spacial score (nSPS) is 10.0. The van der Waals surface area contributed by atoms with Crippen LogP contribution in [0.1, 0.15) is 11.1 Å². The Morgan fingerprint density at radius 2 is 2.05 bits per heavy atom. The molecule has 0 aliphatic rings. The third kappa shape index (κ3) is 3.23. The van der Waals surface area contributed by atoms with Crippen LogP contribution in [0.15, 0.2) is 36.5 Å². The fraction of sp³-hybridized carbons (Fsp3) is 0.143. The van der Waals surface area contributed by atoms with Gasteiger partial charge in [-0.2, -0.15) is 0 Å². The molecule has 0 amide bonds. The third-order valence-corrected chi connectivity index (χ3v) is 3.03. The zero-order valence-electron chi connectivity index (χ0n) is 10.5. The molecule has 0 unspecified atom stereocenters. The van der Waals surface area contributed by atoms with Crippen LogP contribution in [0.3, 0.4) is 0 Å². The highest BCUT2D eigenvalue weighted by Crippen LogP contribution is 2.21. The summed E-state index contributed by atoms with van der Waals surface area (Å²) in [6.45, 7) is 0.644. The molecule has 0 saturated carbocycles. The van der Waals surface area contributed by atoms with Gasteiger partial charge >= 0.3 is 0 Å². The van der Waals surface area contributed by atoms with E-state index in [2.05, 4.69) is 10.3 Å². The lowest BCUT2D eigenvalue weighted by molar-refractivity contribution is 0.414. The smallest absolute Gasteiger partial charge is 0.139 e. The van der Waals surface area contributed by atoms with Gasteiger partial charge in [-0.15, -0.1) is 0 Å². The highest BCUT2D eigenvalue weighted by molar-refractivity contribution is 6.32. The van der Waals surface area contributed by atoms with Gasteiger partial charge in [0.2, 0.25) is 0 Å². The van der Waals surface area contributed by atoms with Gasteiger partial charge in [-0.1, -0.05) is 23.7 Å². The second-order valence-electron chi connectivity index (χ2n) is 3.91. The maximum absolute atomic E-state index is 7.36. The summed E-state index contributed by atoms with van der Waals surface area (Å²) in [5, 5.41) is 10.9. The summed E-state index contributed by atoms with van der Waals surface area (Å²) >= 11 is 5.93. The van der Waals surface area contributed by atoms with Gasteiger partial charge in [0.1, 0.15) is 10.9 Å². The fourth-order valence-corrected chi connectivity index (χ4v) is 1.89. The highest BCUT2D eigenvalue weighted by atomic mass is 35.5. The summed E-state index contributed by atoms with van der Waals surface area (Å²) in [4.78, 5) is 3.95. The Labute approximate surface area is 116 Å². The molecule has 0 spiro atoms.